The van der Waals surface area contributed by atoms with E-state index < -0.39 is 0 Å². The summed E-state index contributed by atoms with van der Waals surface area (Å²) in [5.74, 6) is 0. The molecule has 2 aromatic rings. The van der Waals surface area contributed by atoms with Crippen molar-refractivity contribution in [3.05, 3.63) is 52.0 Å². The normalized spacial score (nSPS) is 16.6. The summed E-state index contributed by atoms with van der Waals surface area (Å²) >= 11 is 1.76. The first-order chi connectivity index (χ1) is 9.40. The van der Waals surface area contributed by atoms with E-state index in [-0.39, 0.29) is 0 Å². The van der Waals surface area contributed by atoms with Crippen LogP contribution in [-0.2, 0) is 17.7 Å². The Morgan fingerprint density at radius 1 is 1.16 bits per heavy atom. The van der Waals surface area contributed by atoms with Crippen LogP contribution in [0.1, 0.15) is 16.3 Å². The zero-order chi connectivity index (χ0) is 12.9. The topological polar surface area (TPSA) is 25.4 Å². The van der Waals surface area contributed by atoms with Crippen molar-refractivity contribution >= 4 is 11.3 Å². The molecule has 19 heavy (non-hydrogen) atoms. The first-order valence-electron chi connectivity index (χ1n) is 6.67. The predicted octanol–water partition coefficient (Wildman–Crippen LogP) is 2.57. The second kappa shape index (κ2) is 6.28. The maximum atomic E-state index is 5.36. The highest BCUT2D eigenvalue weighted by atomic mass is 32.1. The molecule has 0 amide bonds. The minimum atomic E-state index is 0.848. The highest BCUT2D eigenvalue weighted by Gasteiger charge is 2.12. The summed E-state index contributed by atoms with van der Waals surface area (Å²) in [6, 6.07) is 10.5. The summed E-state index contributed by atoms with van der Waals surface area (Å²) in [6.07, 6.45) is 0.939. The summed E-state index contributed by atoms with van der Waals surface area (Å²) in [5, 5.41) is 3.39. The van der Waals surface area contributed by atoms with Gasteiger partial charge in [0.1, 0.15) is 0 Å². The zero-order valence-corrected chi connectivity index (χ0v) is 11.7. The smallest absolute Gasteiger partial charge is 0.0972 e. The molecule has 1 aromatic heterocycles. The van der Waals surface area contributed by atoms with Crippen molar-refractivity contribution in [1.82, 2.24) is 9.88 Å². The van der Waals surface area contributed by atoms with Crippen LogP contribution < -0.4 is 0 Å². The average molecular weight is 274 g/mol. The second-order valence-corrected chi connectivity index (χ2v) is 5.73. The Kier molecular flexibility index (Phi) is 4.23. The molecule has 4 heteroatoms. The van der Waals surface area contributed by atoms with Crippen molar-refractivity contribution in [3.8, 4) is 0 Å². The molecule has 1 aromatic carbocycles. The third-order valence-electron chi connectivity index (χ3n) is 3.29. The van der Waals surface area contributed by atoms with Gasteiger partial charge in [-0.1, -0.05) is 30.3 Å². The number of ether oxygens (including phenoxy) is 1. The molecule has 100 valence electrons. The Labute approximate surface area is 117 Å². The lowest BCUT2D eigenvalue weighted by molar-refractivity contribution is 0.0337. The fraction of sp³-hybridized carbons (Fsp3) is 0.400. The van der Waals surface area contributed by atoms with E-state index in [4.69, 9.17) is 9.72 Å². The summed E-state index contributed by atoms with van der Waals surface area (Å²) < 4.78 is 5.36. The monoisotopic (exact) mass is 274 g/mol. The van der Waals surface area contributed by atoms with Gasteiger partial charge in [-0.3, -0.25) is 4.90 Å². The molecule has 0 N–H and O–H groups in total. The summed E-state index contributed by atoms with van der Waals surface area (Å²) in [5.41, 5.74) is 2.52. The van der Waals surface area contributed by atoms with Gasteiger partial charge in [-0.15, -0.1) is 11.3 Å². The number of aromatic nitrogens is 1. The first-order valence-corrected chi connectivity index (χ1v) is 7.55. The lowest BCUT2D eigenvalue weighted by Crippen LogP contribution is -2.35. The van der Waals surface area contributed by atoms with Gasteiger partial charge in [0.25, 0.3) is 0 Å². The molecule has 1 aliphatic heterocycles. The molecule has 0 radical (unpaired) electrons. The van der Waals surface area contributed by atoms with E-state index in [1.165, 1.54) is 16.3 Å². The summed E-state index contributed by atoms with van der Waals surface area (Å²) in [7, 11) is 0. The number of thiazole rings is 1. The molecule has 1 saturated heterocycles. The average Bonchev–Trinajstić information content (AvgIpc) is 2.88. The van der Waals surface area contributed by atoms with Gasteiger partial charge in [0.2, 0.25) is 0 Å². The van der Waals surface area contributed by atoms with E-state index >= 15 is 0 Å². The van der Waals surface area contributed by atoms with Crippen LogP contribution in [-0.4, -0.2) is 36.2 Å². The van der Waals surface area contributed by atoms with Crippen LogP contribution in [0.4, 0.5) is 0 Å². The number of hydrogen-bond donors (Lipinski definition) is 0. The van der Waals surface area contributed by atoms with Crippen molar-refractivity contribution in [2.24, 2.45) is 0 Å². The molecular formula is C15H18N2OS. The lowest BCUT2D eigenvalue weighted by atomic mass is 10.2. The van der Waals surface area contributed by atoms with Crippen LogP contribution in [0.15, 0.2) is 35.7 Å². The SMILES string of the molecule is c1ccc(Cc2nc(CN3CCOCC3)cs2)cc1. The molecule has 3 rings (SSSR count). The molecule has 0 spiro atoms. The van der Waals surface area contributed by atoms with E-state index in [1.54, 1.807) is 11.3 Å². The highest BCUT2D eigenvalue weighted by Crippen LogP contribution is 2.16. The molecule has 0 unspecified atom stereocenters. The molecular weight excluding hydrogens is 256 g/mol. The molecule has 0 aliphatic carbocycles. The molecule has 1 aliphatic rings. The van der Waals surface area contributed by atoms with Crippen molar-refractivity contribution < 1.29 is 4.74 Å². The van der Waals surface area contributed by atoms with Gasteiger partial charge in [0.05, 0.1) is 23.9 Å². The number of rotatable bonds is 4. The van der Waals surface area contributed by atoms with E-state index in [1.807, 2.05) is 0 Å². The fourth-order valence-corrected chi connectivity index (χ4v) is 3.08. The van der Waals surface area contributed by atoms with Crippen LogP contribution in [0.25, 0.3) is 0 Å². The van der Waals surface area contributed by atoms with E-state index in [2.05, 4.69) is 40.6 Å². The van der Waals surface area contributed by atoms with Crippen LogP contribution in [0, 0.1) is 0 Å². The Balaban J connectivity index is 1.59. The number of hydrogen-bond acceptors (Lipinski definition) is 4. The summed E-state index contributed by atoms with van der Waals surface area (Å²) in [4.78, 5) is 7.14. The van der Waals surface area contributed by atoms with Crippen molar-refractivity contribution in [2.45, 2.75) is 13.0 Å². The fourth-order valence-electron chi connectivity index (χ4n) is 2.26. The molecule has 0 saturated carbocycles. The lowest BCUT2D eigenvalue weighted by Gasteiger charge is -2.25. The van der Waals surface area contributed by atoms with Crippen molar-refractivity contribution in [1.29, 1.82) is 0 Å². The molecule has 2 heterocycles. The van der Waals surface area contributed by atoms with Crippen LogP contribution in [0.3, 0.4) is 0 Å². The Hall–Kier alpha value is -1.23. The summed E-state index contributed by atoms with van der Waals surface area (Å²) in [6.45, 7) is 4.69. The van der Waals surface area contributed by atoms with E-state index in [9.17, 15) is 0 Å². The van der Waals surface area contributed by atoms with E-state index in [0.29, 0.717) is 0 Å². The molecule has 3 nitrogen and oxygen atoms in total. The number of morpholine rings is 1. The Bertz CT molecular complexity index is 506. The quantitative estimate of drug-likeness (QED) is 0.857. The predicted molar refractivity (Wildman–Crippen MR) is 77.5 cm³/mol. The van der Waals surface area contributed by atoms with Gasteiger partial charge < -0.3 is 4.74 Å². The van der Waals surface area contributed by atoms with Crippen molar-refractivity contribution in [3.63, 3.8) is 0 Å². The molecule has 1 fully saturated rings. The van der Waals surface area contributed by atoms with Crippen LogP contribution in [0.5, 0.6) is 0 Å². The maximum Gasteiger partial charge on any atom is 0.0972 e. The third-order valence-corrected chi connectivity index (χ3v) is 4.18. The standard InChI is InChI=1S/C15H18N2OS/c1-2-4-13(5-3-1)10-15-16-14(12-19-15)11-17-6-8-18-9-7-17/h1-5,12H,6-11H2. The first kappa shape index (κ1) is 12.8. The second-order valence-electron chi connectivity index (χ2n) is 4.78. The highest BCUT2D eigenvalue weighted by molar-refractivity contribution is 7.09. The number of nitrogens with zero attached hydrogens (tertiary/aromatic N) is 2. The van der Waals surface area contributed by atoms with Gasteiger partial charge in [-0.25, -0.2) is 4.98 Å². The van der Waals surface area contributed by atoms with Crippen LogP contribution >= 0.6 is 11.3 Å². The van der Waals surface area contributed by atoms with Gasteiger partial charge in [-0.2, -0.15) is 0 Å². The van der Waals surface area contributed by atoms with Crippen molar-refractivity contribution in [2.75, 3.05) is 26.3 Å². The van der Waals surface area contributed by atoms with E-state index in [0.717, 1.165) is 39.3 Å². The molecule has 0 bridgehead atoms. The van der Waals surface area contributed by atoms with Crippen LogP contribution in [0.2, 0.25) is 0 Å². The van der Waals surface area contributed by atoms with Gasteiger partial charge >= 0.3 is 0 Å². The minimum absolute atomic E-state index is 0.848. The van der Waals surface area contributed by atoms with Gasteiger partial charge in [0.15, 0.2) is 0 Å². The maximum absolute atomic E-state index is 5.36. The zero-order valence-electron chi connectivity index (χ0n) is 10.9. The number of benzene rings is 1. The Morgan fingerprint density at radius 2 is 1.95 bits per heavy atom. The molecule has 0 atom stereocenters. The van der Waals surface area contributed by atoms with Gasteiger partial charge in [0, 0.05) is 31.4 Å². The Morgan fingerprint density at radius 3 is 2.74 bits per heavy atom. The minimum Gasteiger partial charge on any atom is -0.379 e. The largest absolute Gasteiger partial charge is 0.379 e. The van der Waals surface area contributed by atoms with Gasteiger partial charge in [-0.05, 0) is 5.56 Å². The third kappa shape index (κ3) is 3.62.